The summed E-state index contributed by atoms with van der Waals surface area (Å²) in [5.41, 5.74) is 0.876. The average molecular weight is 253 g/mol. The maximum Gasteiger partial charge on any atom is 0.268 e. The van der Waals surface area contributed by atoms with E-state index >= 15 is 0 Å². The fourth-order valence-electron chi connectivity index (χ4n) is 2.32. The van der Waals surface area contributed by atoms with Crippen LogP contribution in [0.25, 0.3) is 10.9 Å². The van der Waals surface area contributed by atoms with Crippen LogP contribution in [0.3, 0.4) is 0 Å². The molecule has 2 aromatic rings. The van der Waals surface area contributed by atoms with Crippen LogP contribution in [0.1, 0.15) is 23.5 Å². The SMILES string of the molecule is C[C@@H]1CNC(=O)c2cc3c(Cl)ccc(F)c3n21. The van der Waals surface area contributed by atoms with Crippen LogP contribution < -0.4 is 5.32 Å². The summed E-state index contributed by atoms with van der Waals surface area (Å²) in [5, 5.41) is 3.81. The Bertz CT molecular complexity index is 635. The lowest BCUT2D eigenvalue weighted by Gasteiger charge is -2.24. The number of nitrogens with zero attached hydrogens (tertiary/aromatic N) is 1. The van der Waals surface area contributed by atoms with Crippen molar-refractivity contribution in [2.75, 3.05) is 6.54 Å². The van der Waals surface area contributed by atoms with E-state index in [9.17, 15) is 9.18 Å². The topological polar surface area (TPSA) is 34.0 Å². The predicted molar refractivity (Wildman–Crippen MR) is 64.0 cm³/mol. The van der Waals surface area contributed by atoms with Crippen molar-refractivity contribution in [3.63, 3.8) is 0 Å². The Kier molecular flexibility index (Phi) is 2.16. The number of amides is 1. The molecule has 0 aliphatic carbocycles. The van der Waals surface area contributed by atoms with E-state index in [-0.39, 0.29) is 17.8 Å². The number of carbonyl (C=O) groups excluding carboxylic acids is 1. The van der Waals surface area contributed by atoms with E-state index in [1.807, 2.05) is 6.92 Å². The van der Waals surface area contributed by atoms with Crippen molar-refractivity contribution in [2.45, 2.75) is 13.0 Å². The zero-order valence-electron chi connectivity index (χ0n) is 9.13. The summed E-state index contributed by atoms with van der Waals surface area (Å²) in [6.45, 7) is 2.43. The van der Waals surface area contributed by atoms with Gasteiger partial charge in [0.2, 0.25) is 0 Å². The van der Waals surface area contributed by atoms with Crippen LogP contribution >= 0.6 is 11.6 Å². The van der Waals surface area contributed by atoms with Gasteiger partial charge in [0, 0.05) is 18.0 Å². The molecule has 5 heteroatoms. The number of hydrogen-bond donors (Lipinski definition) is 1. The highest BCUT2D eigenvalue weighted by molar-refractivity contribution is 6.35. The third kappa shape index (κ3) is 1.37. The van der Waals surface area contributed by atoms with Crippen LogP contribution in [0, 0.1) is 5.82 Å². The highest BCUT2D eigenvalue weighted by Gasteiger charge is 2.26. The third-order valence-corrected chi connectivity index (χ3v) is 3.46. The minimum atomic E-state index is -0.350. The number of nitrogens with one attached hydrogen (secondary N) is 1. The Hall–Kier alpha value is -1.55. The summed E-state index contributed by atoms with van der Waals surface area (Å²) in [6, 6.07) is 4.50. The Morgan fingerprint density at radius 3 is 3.06 bits per heavy atom. The van der Waals surface area contributed by atoms with Crippen LogP contribution in [0.15, 0.2) is 18.2 Å². The van der Waals surface area contributed by atoms with E-state index in [1.165, 1.54) is 12.1 Å². The molecule has 1 aliphatic rings. The average Bonchev–Trinajstić information content (AvgIpc) is 2.71. The molecule has 0 saturated carbocycles. The molecule has 88 valence electrons. The number of carbonyl (C=O) groups is 1. The first-order valence-corrected chi connectivity index (χ1v) is 5.74. The van der Waals surface area contributed by atoms with Crippen molar-refractivity contribution in [3.05, 3.63) is 34.7 Å². The molecule has 1 atom stereocenters. The molecule has 0 saturated heterocycles. The zero-order chi connectivity index (χ0) is 12.2. The van der Waals surface area contributed by atoms with E-state index < -0.39 is 0 Å². The maximum absolute atomic E-state index is 13.9. The third-order valence-electron chi connectivity index (χ3n) is 3.13. The molecule has 2 heterocycles. The molecule has 0 fully saturated rings. The lowest BCUT2D eigenvalue weighted by molar-refractivity contribution is 0.0919. The van der Waals surface area contributed by atoms with Crippen LogP contribution in [-0.2, 0) is 0 Å². The summed E-state index contributed by atoms with van der Waals surface area (Å²) in [7, 11) is 0. The molecular formula is C12H10ClFN2O. The molecule has 0 unspecified atom stereocenters. The first kappa shape index (κ1) is 10.6. The molecule has 1 aliphatic heterocycles. The molecule has 1 amide bonds. The summed E-state index contributed by atoms with van der Waals surface area (Å²) < 4.78 is 15.6. The van der Waals surface area contributed by atoms with Gasteiger partial charge >= 0.3 is 0 Å². The van der Waals surface area contributed by atoms with Gasteiger partial charge in [-0.15, -0.1) is 0 Å². The molecule has 3 rings (SSSR count). The first-order valence-electron chi connectivity index (χ1n) is 5.36. The van der Waals surface area contributed by atoms with E-state index in [1.54, 1.807) is 10.6 Å². The highest BCUT2D eigenvalue weighted by Crippen LogP contribution is 2.32. The van der Waals surface area contributed by atoms with Crippen LogP contribution in [-0.4, -0.2) is 17.0 Å². The molecule has 0 radical (unpaired) electrons. The minimum Gasteiger partial charge on any atom is -0.349 e. The number of rotatable bonds is 0. The van der Waals surface area contributed by atoms with Gasteiger partial charge in [-0.05, 0) is 25.1 Å². The fraction of sp³-hybridized carbons (Fsp3) is 0.250. The monoisotopic (exact) mass is 252 g/mol. The Labute approximate surface area is 102 Å². The first-order chi connectivity index (χ1) is 8.09. The van der Waals surface area contributed by atoms with E-state index in [4.69, 9.17) is 11.6 Å². The zero-order valence-corrected chi connectivity index (χ0v) is 9.88. The summed E-state index contributed by atoms with van der Waals surface area (Å²) in [5.74, 6) is -0.535. The van der Waals surface area contributed by atoms with Crippen molar-refractivity contribution in [1.82, 2.24) is 9.88 Å². The lowest BCUT2D eigenvalue weighted by atomic mass is 10.2. The van der Waals surface area contributed by atoms with Gasteiger partial charge in [-0.2, -0.15) is 0 Å². The highest BCUT2D eigenvalue weighted by atomic mass is 35.5. The quantitative estimate of drug-likeness (QED) is 0.769. The second-order valence-electron chi connectivity index (χ2n) is 4.25. The van der Waals surface area contributed by atoms with Gasteiger partial charge in [-0.3, -0.25) is 4.79 Å². The van der Waals surface area contributed by atoms with Gasteiger partial charge in [0.25, 0.3) is 5.91 Å². The van der Waals surface area contributed by atoms with Gasteiger partial charge in [0.05, 0.1) is 10.5 Å². The predicted octanol–water partition coefficient (Wildman–Crippen LogP) is 2.74. The van der Waals surface area contributed by atoms with E-state index in [0.717, 1.165) is 0 Å². The number of fused-ring (bicyclic) bond motifs is 3. The molecule has 0 spiro atoms. The van der Waals surface area contributed by atoms with Crippen LogP contribution in [0.4, 0.5) is 4.39 Å². The normalized spacial score (nSPS) is 19.2. The van der Waals surface area contributed by atoms with Crippen LogP contribution in [0.2, 0.25) is 5.02 Å². The maximum atomic E-state index is 13.9. The summed E-state index contributed by atoms with van der Waals surface area (Å²) >= 11 is 6.03. The standard InChI is InChI=1S/C12H10ClFN2O/c1-6-5-15-12(17)10-4-7-8(13)2-3-9(14)11(7)16(6)10/h2-4,6H,5H2,1H3,(H,15,17)/t6-/m1/s1. The van der Waals surface area contributed by atoms with Crippen molar-refractivity contribution in [2.24, 2.45) is 0 Å². The van der Waals surface area contributed by atoms with Gasteiger partial charge < -0.3 is 9.88 Å². The van der Waals surface area contributed by atoms with Gasteiger partial charge in [-0.25, -0.2) is 4.39 Å². The minimum absolute atomic E-state index is 0.0215. The van der Waals surface area contributed by atoms with Crippen molar-refractivity contribution >= 4 is 28.4 Å². The Balaban J connectivity index is 2.46. The summed E-state index contributed by atoms with van der Waals surface area (Å²) in [6.07, 6.45) is 0. The summed E-state index contributed by atoms with van der Waals surface area (Å²) in [4.78, 5) is 11.7. The number of hydrogen-bond acceptors (Lipinski definition) is 1. The molecule has 1 aromatic heterocycles. The fourth-order valence-corrected chi connectivity index (χ4v) is 2.53. The molecule has 0 bridgehead atoms. The van der Waals surface area contributed by atoms with Crippen molar-refractivity contribution in [1.29, 1.82) is 0 Å². The molecule has 3 nitrogen and oxygen atoms in total. The van der Waals surface area contributed by atoms with E-state index in [2.05, 4.69) is 5.32 Å². The molecular weight excluding hydrogens is 243 g/mol. The number of benzene rings is 1. The van der Waals surface area contributed by atoms with Crippen molar-refractivity contribution < 1.29 is 9.18 Å². The van der Waals surface area contributed by atoms with Gasteiger partial charge in [0.15, 0.2) is 0 Å². The van der Waals surface area contributed by atoms with Gasteiger partial charge in [-0.1, -0.05) is 11.6 Å². The lowest BCUT2D eigenvalue weighted by Crippen LogP contribution is -2.37. The largest absolute Gasteiger partial charge is 0.349 e. The second kappa shape index (κ2) is 3.47. The van der Waals surface area contributed by atoms with E-state index in [0.29, 0.717) is 28.2 Å². The smallest absolute Gasteiger partial charge is 0.268 e. The number of halogens is 2. The Morgan fingerprint density at radius 1 is 1.53 bits per heavy atom. The molecule has 1 N–H and O–H groups in total. The van der Waals surface area contributed by atoms with Crippen LogP contribution in [0.5, 0.6) is 0 Å². The van der Waals surface area contributed by atoms with Crippen molar-refractivity contribution in [3.8, 4) is 0 Å². The van der Waals surface area contributed by atoms with Gasteiger partial charge in [0.1, 0.15) is 11.5 Å². The Morgan fingerprint density at radius 2 is 2.29 bits per heavy atom. The molecule has 17 heavy (non-hydrogen) atoms. The molecule has 1 aromatic carbocycles. The number of aromatic nitrogens is 1. The second-order valence-corrected chi connectivity index (χ2v) is 4.66.